The first kappa shape index (κ1) is 25.7. The number of amides is 1. The Balaban J connectivity index is 1.97. The monoisotopic (exact) mass is 510 g/mol. The Morgan fingerprint density at radius 2 is 1.58 bits per heavy atom. The summed E-state index contributed by atoms with van der Waals surface area (Å²) in [6.45, 7) is 1.42. The number of hydrogen-bond acceptors (Lipinski definition) is 7. The molecule has 0 spiro atoms. The lowest BCUT2D eigenvalue weighted by Crippen LogP contribution is -2.48. The first-order chi connectivity index (χ1) is 17.2. The smallest absolute Gasteiger partial charge is 0.305 e. The van der Waals surface area contributed by atoms with Crippen LogP contribution in [-0.4, -0.2) is 31.6 Å². The maximum Gasteiger partial charge on any atom is 0.475 e. The van der Waals surface area contributed by atoms with Crippen molar-refractivity contribution in [3.8, 4) is 0 Å². The third-order valence-corrected chi connectivity index (χ3v) is 7.75. The number of phosphoric ester groups is 1. The van der Waals surface area contributed by atoms with Crippen LogP contribution in [0.4, 0.5) is 5.69 Å². The number of para-hydroxylation sites is 1. The van der Waals surface area contributed by atoms with E-state index in [0.717, 1.165) is 25.3 Å². The summed E-state index contributed by atoms with van der Waals surface area (Å²) in [5.41, 5.74) is 1.09. The maximum absolute atomic E-state index is 14.4. The molecule has 0 fully saturated rings. The summed E-state index contributed by atoms with van der Waals surface area (Å²) in [4.78, 5) is 27.3. The predicted octanol–water partition coefficient (Wildman–Crippen LogP) is 5.22. The minimum atomic E-state index is -4.30. The number of benzene rings is 3. The zero-order valence-corrected chi connectivity index (χ0v) is 21.1. The second-order valence-corrected chi connectivity index (χ2v) is 10.3. The van der Waals surface area contributed by atoms with E-state index in [0.29, 0.717) is 16.8 Å². The molecule has 3 aromatic rings. The summed E-state index contributed by atoms with van der Waals surface area (Å²) in [7, 11) is -2.02. The fourth-order valence-electron chi connectivity index (χ4n) is 4.60. The molecule has 36 heavy (non-hydrogen) atoms. The van der Waals surface area contributed by atoms with Gasteiger partial charge in [0.15, 0.2) is 5.60 Å². The Labute approximate surface area is 209 Å². The average Bonchev–Trinajstić information content (AvgIpc) is 3.11. The van der Waals surface area contributed by atoms with Crippen LogP contribution < -0.4 is 4.90 Å². The van der Waals surface area contributed by atoms with Gasteiger partial charge in [-0.05, 0) is 24.1 Å². The number of hydrogen-bond donors (Lipinski definition) is 0. The zero-order chi connectivity index (χ0) is 25.9. The quantitative estimate of drug-likeness (QED) is 0.209. The number of carbonyl (C=O) groups is 1. The molecule has 0 saturated carbocycles. The van der Waals surface area contributed by atoms with Gasteiger partial charge in [-0.3, -0.25) is 28.5 Å². The van der Waals surface area contributed by atoms with Gasteiger partial charge in [0.2, 0.25) is 6.54 Å². The van der Waals surface area contributed by atoms with Crippen molar-refractivity contribution >= 4 is 19.4 Å². The third kappa shape index (κ3) is 4.70. The highest BCUT2D eigenvalue weighted by molar-refractivity contribution is 7.48. The standard InChI is InChI=1S/C26H27N2O7P/c1-19-13-15-21(16-14-19)23(18-28(30)31)26(35-36(32,33-2)34-3)22-11-7-8-12-24(22)27(25(26)29)17-20-9-5-4-6-10-20/h4-16,23H,17-18H2,1-3H3/t23-,26-/m1/s1. The van der Waals surface area contributed by atoms with E-state index in [1.807, 2.05) is 37.3 Å². The van der Waals surface area contributed by atoms with Gasteiger partial charge >= 0.3 is 7.82 Å². The van der Waals surface area contributed by atoms with E-state index in [9.17, 15) is 19.5 Å². The first-order valence-electron chi connectivity index (χ1n) is 11.3. The third-order valence-electron chi connectivity index (χ3n) is 6.35. The van der Waals surface area contributed by atoms with Crippen LogP contribution in [0.15, 0.2) is 78.9 Å². The number of anilines is 1. The van der Waals surface area contributed by atoms with E-state index in [2.05, 4.69) is 0 Å². The van der Waals surface area contributed by atoms with Crippen molar-refractivity contribution in [2.75, 3.05) is 25.7 Å². The number of fused-ring (bicyclic) bond motifs is 1. The van der Waals surface area contributed by atoms with E-state index in [1.54, 1.807) is 48.5 Å². The van der Waals surface area contributed by atoms with Crippen LogP contribution in [-0.2, 0) is 35.1 Å². The molecule has 1 heterocycles. The molecule has 0 N–H and O–H groups in total. The normalized spacial score (nSPS) is 18.2. The van der Waals surface area contributed by atoms with E-state index >= 15 is 0 Å². The van der Waals surface area contributed by atoms with Crippen molar-refractivity contribution in [2.45, 2.75) is 25.0 Å². The Hall–Kier alpha value is -3.36. The molecule has 0 bridgehead atoms. The Bertz CT molecular complexity index is 1290. The van der Waals surface area contributed by atoms with Gasteiger partial charge in [-0.1, -0.05) is 78.4 Å². The van der Waals surface area contributed by atoms with Gasteiger partial charge in [-0.15, -0.1) is 0 Å². The fraction of sp³-hybridized carbons (Fsp3) is 0.269. The molecule has 1 aliphatic heterocycles. The van der Waals surface area contributed by atoms with Gasteiger partial charge in [0.05, 0.1) is 18.2 Å². The number of nitro groups is 1. The van der Waals surface area contributed by atoms with Gasteiger partial charge in [-0.2, -0.15) is 0 Å². The summed E-state index contributed by atoms with van der Waals surface area (Å²) in [6, 6.07) is 23.2. The largest absolute Gasteiger partial charge is 0.475 e. The first-order valence-corrected chi connectivity index (χ1v) is 12.8. The summed E-state index contributed by atoms with van der Waals surface area (Å²) in [5.74, 6) is -1.73. The minimum Gasteiger partial charge on any atom is -0.305 e. The Morgan fingerprint density at radius 1 is 0.972 bits per heavy atom. The molecular formula is C26H27N2O7P. The van der Waals surface area contributed by atoms with Gasteiger partial charge < -0.3 is 4.90 Å². The molecule has 2 atom stereocenters. The fourth-order valence-corrected chi connectivity index (χ4v) is 5.56. The van der Waals surface area contributed by atoms with Crippen LogP contribution in [0.25, 0.3) is 0 Å². The molecule has 1 amide bonds. The van der Waals surface area contributed by atoms with Crippen molar-refractivity contribution in [3.63, 3.8) is 0 Å². The van der Waals surface area contributed by atoms with E-state index in [1.165, 1.54) is 4.90 Å². The molecule has 0 unspecified atom stereocenters. The second-order valence-electron chi connectivity index (χ2n) is 8.51. The molecule has 0 radical (unpaired) electrons. The van der Waals surface area contributed by atoms with Crippen LogP contribution >= 0.6 is 7.82 Å². The lowest BCUT2D eigenvalue weighted by atomic mass is 9.77. The topological polar surface area (TPSA) is 108 Å². The highest BCUT2D eigenvalue weighted by Crippen LogP contribution is 2.61. The Kier molecular flexibility index (Phi) is 7.38. The van der Waals surface area contributed by atoms with Crippen molar-refractivity contribution in [2.24, 2.45) is 0 Å². The summed E-state index contributed by atoms with van der Waals surface area (Å²) >= 11 is 0. The highest BCUT2D eigenvalue weighted by Gasteiger charge is 2.62. The molecular weight excluding hydrogens is 483 g/mol. The van der Waals surface area contributed by atoms with Crippen LogP contribution in [0.1, 0.15) is 28.2 Å². The van der Waals surface area contributed by atoms with Gasteiger partial charge in [-0.25, -0.2) is 4.57 Å². The predicted molar refractivity (Wildman–Crippen MR) is 134 cm³/mol. The number of rotatable bonds is 10. The van der Waals surface area contributed by atoms with Gasteiger partial charge in [0.25, 0.3) is 5.91 Å². The molecule has 188 valence electrons. The lowest BCUT2D eigenvalue weighted by molar-refractivity contribution is -0.486. The summed E-state index contributed by atoms with van der Waals surface area (Å²) in [5, 5.41) is 11.9. The van der Waals surface area contributed by atoms with Gasteiger partial charge in [0, 0.05) is 24.7 Å². The van der Waals surface area contributed by atoms with E-state index < -0.39 is 36.7 Å². The van der Waals surface area contributed by atoms with Crippen molar-refractivity contribution in [1.82, 2.24) is 0 Å². The minimum absolute atomic E-state index is 0.186. The molecule has 4 rings (SSSR count). The van der Waals surface area contributed by atoms with Crippen molar-refractivity contribution in [1.29, 1.82) is 0 Å². The second kappa shape index (κ2) is 10.3. The number of aryl methyl sites for hydroxylation is 1. The average molecular weight is 510 g/mol. The van der Waals surface area contributed by atoms with E-state index in [-0.39, 0.29) is 6.54 Å². The molecule has 3 aromatic carbocycles. The molecule has 1 aliphatic rings. The number of phosphoric acid groups is 1. The zero-order valence-electron chi connectivity index (χ0n) is 20.2. The van der Waals surface area contributed by atoms with Crippen LogP contribution in [0.5, 0.6) is 0 Å². The molecule has 0 aromatic heterocycles. The number of nitrogens with zero attached hydrogens (tertiary/aromatic N) is 2. The molecule has 9 nitrogen and oxygen atoms in total. The van der Waals surface area contributed by atoms with Crippen LogP contribution in [0, 0.1) is 17.0 Å². The lowest BCUT2D eigenvalue weighted by Gasteiger charge is -2.36. The van der Waals surface area contributed by atoms with Crippen molar-refractivity contribution < 1.29 is 27.9 Å². The maximum atomic E-state index is 14.4. The number of carbonyl (C=O) groups excluding carboxylic acids is 1. The highest BCUT2D eigenvalue weighted by atomic mass is 31.2. The van der Waals surface area contributed by atoms with Crippen LogP contribution in [0.2, 0.25) is 0 Å². The molecule has 0 aliphatic carbocycles. The van der Waals surface area contributed by atoms with E-state index in [4.69, 9.17) is 13.6 Å². The van der Waals surface area contributed by atoms with Crippen LogP contribution in [0.3, 0.4) is 0 Å². The SMILES string of the molecule is COP(=O)(OC)O[C@]1([C@H](C[N+](=O)[O-])c2ccc(C)cc2)C(=O)N(Cc2ccccc2)c2ccccc21. The molecule has 10 heteroatoms. The van der Waals surface area contributed by atoms with Crippen molar-refractivity contribution in [3.05, 3.63) is 111 Å². The van der Waals surface area contributed by atoms with Gasteiger partial charge in [0.1, 0.15) is 0 Å². The summed E-state index contributed by atoms with van der Waals surface area (Å²) in [6.07, 6.45) is 0. The molecule has 0 saturated heterocycles. The summed E-state index contributed by atoms with van der Waals surface area (Å²) < 4.78 is 29.6. The Morgan fingerprint density at radius 3 is 2.19 bits per heavy atom.